The zero-order chi connectivity index (χ0) is 11.5. The molecule has 0 aliphatic heterocycles. The van der Waals surface area contributed by atoms with Gasteiger partial charge in [-0.15, -0.1) is 0 Å². The third kappa shape index (κ3) is 2.03. The van der Waals surface area contributed by atoms with E-state index in [0.29, 0.717) is 12.1 Å². The fourth-order valence-electron chi connectivity index (χ4n) is 1.42. The van der Waals surface area contributed by atoms with E-state index >= 15 is 0 Å². The Morgan fingerprint density at radius 3 is 3.00 bits per heavy atom. The molecular formula is C11H11BN2O2. The van der Waals surface area contributed by atoms with E-state index in [4.69, 9.17) is 4.74 Å². The largest absolute Gasteiger partial charge is 0.461 e. The Kier molecular flexibility index (Phi) is 2.85. The second kappa shape index (κ2) is 4.30. The second-order valence-corrected chi connectivity index (χ2v) is 3.47. The molecule has 0 saturated heterocycles. The molecular weight excluding hydrogens is 203 g/mol. The summed E-state index contributed by atoms with van der Waals surface area (Å²) in [5.74, 6) is -0.433. The van der Waals surface area contributed by atoms with Gasteiger partial charge in [0, 0.05) is 0 Å². The quantitative estimate of drug-likeness (QED) is 0.524. The van der Waals surface area contributed by atoms with Crippen molar-refractivity contribution in [1.29, 1.82) is 0 Å². The number of aromatic nitrogens is 2. The molecule has 4 nitrogen and oxygen atoms in total. The van der Waals surface area contributed by atoms with Crippen LogP contribution in [0.2, 0.25) is 0 Å². The summed E-state index contributed by atoms with van der Waals surface area (Å²) in [6, 6.07) is 5.71. The van der Waals surface area contributed by atoms with Gasteiger partial charge >= 0.3 is 5.97 Å². The van der Waals surface area contributed by atoms with Crippen molar-refractivity contribution in [3.8, 4) is 0 Å². The minimum absolute atomic E-state index is 0.248. The van der Waals surface area contributed by atoms with Gasteiger partial charge in [-0.25, -0.2) is 9.78 Å². The monoisotopic (exact) mass is 214 g/mol. The van der Waals surface area contributed by atoms with Crippen LogP contribution in [-0.2, 0) is 4.74 Å². The van der Waals surface area contributed by atoms with Gasteiger partial charge in [-0.05, 0) is 19.1 Å². The molecule has 0 amide bonds. The van der Waals surface area contributed by atoms with Gasteiger partial charge < -0.3 is 4.74 Å². The predicted molar refractivity (Wildman–Crippen MR) is 63.7 cm³/mol. The van der Waals surface area contributed by atoms with E-state index in [0.717, 1.165) is 11.0 Å². The maximum absolute atomic E-state index is 11.4. The lowest BCUT2D eigenvalue weighted by Crippen LogP contribution is -2.08. The van der Waals surface area contributed by atoms with E-state index in [-0.39, 0.29) is 5.69 Å². The normalized spacial score (nSPS) is 10.3. The SMILES string of the molecule is Bc1ccc2nc(C(=O)OCC)cnc2c1. The lowest BCUT2D eigenvalue weighted by atomic mass is 9.96. The fraction of sp³-hybridized carbons (Fsp3) is 0.182. The highest BCUT2D eigenvalue weighted by atomic mass is 16.5. The Labute approximate surface area is 94.1 Å². The van der Waals surface area contributed by atoms with Crippen molar-refractivity contribution in [2.45, 2.75) is 6.92 Å². The lowest BCUT2D eigenvalue weighted by Gasteiger charge is -2.02. The molecule has 0 saturated carbocycles. The molecule has 1 aromatic carbocycles. The van der Waals surface area contributed by atoms with Crippen LogP contribution in [-0.4, -0.2) is 30.4 Å². The summed E-state index contributed by atoms with van der Waals surface area (Å²) < 4.78 is 4.86. The van der Waals surface area contributed by atoms with E-state index in [1.165, 1.54) is 6.20 Å². The molecule has 0 unspecified atom stereocenters. The van der Waals surface area contributed by atoms with E-state index in [9.17, 15) is 4.79 Å². The number of ether oxygens (including phenoxy) is 1. The molecule has 0 atom stereocenters. The highest BCUT2D eigenvalue weighted by molar-refractivity contribution is 6.33. The molecule has 1 aromatic heterocycles. The molecule has 80 valence electrons. The van der Waals surface area contributed by atoms with Gasteiger partial charge in [0.1, 0.15) is 7.85 Å². The van der Waals surface area contributed by atoms with Crippen LogP contribution in [0.5, 0.6) is 0 Å². The number of carbonyl (C=O) groups is 1. The standard InChI is InChI=1S/C11H11BN2O2/c1-2-16-11(15)10-6-13-9-5-7(12)3-4-8(9)14-10/h3-6H,2,12H2,1H3. The van der Waals surface area contributed by atoms with Crippen molar-refractivity contribution < 1.29 is 9.53 Å². The lowest BCUT2D eigenvalue weighted by molar-refractivity contribution is 0.0519. The van der Waals surface area contributed by atoms with Crippen LogP contribution in [0.25, 0.3) is 11.0 Å². The fourth-order valence-corrected chi connectivity index (χ4v) is 1.42. The van der Waals surface area contributed by atoms with Crippen molar-refractivity contribution in [2.75, 3.05) is 6.61 Å². The first-order valence-corrected chi connectivity index (χ1v) is 5.11. The zero-order valence-corrected chi connectivity index (χ0v) is 9.23. The third-order valence-corrected chi connectivity index (χ3v) is 2.18. The van der Waals surface area contributed by atoms with Crippen molar-refractivity contribution in [1.82, 2.24) is 9.97 Å². The van der Waals surface area contributed by atoms with Crippen LogP contribution in [0.1, 0.15) is 17.4 Å². The molecule has 0 fully saturated rings. The Bertz CT molecular complexity index is 542. The molecule has 0 N–H and O–H groups in total. The first-order chi connectivity index (χ1) is 7.70. The van der Waals surface area contributed by atoms with Crippen LogP contribution < -0.4 is 5.46 Å². The molecule has 16 heavy (non-hydrogen) atoms. The van der Waals surface area contributed by atoms with Crippen molar-refractivity contribution in [3.63, 3.8) is 0 Å². The van der Waals surface area contributed by atoms with Gasteiger partial charge in [0.05, 0.1) is 23.8 Å². The smallest absolute Gasteiger partial charge is 0.358 e. The van der Waals surface area contributed by atoms with Crippen LogP contribution in [0.3, 0.4) is 0 Å². The van der Waals surface area contributed by atoms with E-state index in [1.54, 1.807) is 6.92 Å². The molecule has 0 radical (unpaired) electrons. The summed E-state index contributed by atoms with van der Waals surface area (Å²) >= 11 is 0. The van der Waals surface area contributed by atoms with E-state index in [1.807, 2.05) is 26.0 Å². The van der Waals surface area contributed by atoms with Crippen LogP contribution in [0.4, 0.5) is 0 Å². The van der Waals surface area contributed by atoms with Gasteiger partial charge in [0.25, 0.3) is 0 Å². The summed E-state index contributed by atoms with van der Waals surface area (Å²) in [7, 11) is 1.99. The Morgan fingerprint density at radius 2 is 2.25 bits per heavy atom. The predicted octanol–water partition coefficient (Wildman–Crippen LogP) is 0.0649. The second-order valence-electron chi connectivity index (χ2n) is 3.47. The number of carbonyl (C=O) groups excluding carboxylic acids is 1. The molecule has 2 rings (SSSR count). The average molecular weight is 214 g/mol. The third-order valence-electron chi connectivity index (χ3n) is 2.18. The van der Waals surface area contributed by atoms with Gasteiger partial charge in [0.15, 0.2) is 5.69 Å². The Morgan fingerprint density at radius 1 is 1.44 bits per heavy atom. The summed E-state index contributed by atoms with van der Waals surface area (Å²) in [4.78, 5) is 19.8. The van der Waals surface area contributed by atoms with Crippen molar-refractivity contribution in [3.05, 3.63) is 30.1 Å². The molecule has 5 heteroatoms. The van der Waals surface area contributed by atoms with Crippen LogP contribution in [0, 0.1) is 0 Å². The van der Waals surface area contributed by atoms with Gasteiger partial charge in [-0.1, -0.05) is 11.5 Å². The minimum atomic E-state index is -0.433. The zero-order valence-electron chi connectivity index (χ0n) is 9.23. The van der Waals surface area contributed by atoms with Crippen LogP contribution >= 0.6 is 0 Å². The maximum Gasteiger partial charge on any atom is 0.358 e. The number of fused-ring (bicyclic) bond motifs is 1. The van der Waals surface area contributed by atoms with Crippen LogP contribution in [0.15, 0.2) is 24.4 Å². The molecule has 0 aliphatic rings. The first kappa shape index (κ1) is 10.6. The van der Waals surface area contributed by atoms with Gasteiger partial charge in [-0.3, -0.25) is 4.98 Å². The topological polar surface area (TPSA) is 52.1 Å². The molecule has 1 heterocycles. The number of hydrogen-bond donors (Lipinski definition) is 0. The maximum atomic E-state index is 11.4. The summed E-state index contributed by atoms with van der Waals surface area (Å²) in [6.45, 7) is 2.10. The molecule has 0 spiro atoms. The summed E-state index contributed by atoms with van der Waals surface area (Å²) in [5.41, 5.74) is 2.85. The number of benzene rings is 1. The Balaban J connectivity index is 2.44. The summed E-state index contributed by atoms with van der Waals surface area (Å²) in [5, 5.41) is 0. The number of hydrogen-bond acceptors (Lipinski definition) is 4. The van der Waals surface area contributed by atoms with Gasteiger partial charge in [0.2, 0.25) is 0 Å². The molecule has 2 aromatic rings. The number of rotatable bonds is 2. The summed E-state index contributed by atoms with van der Waals surface area (Å²) in [6.07, 6.45) is 1.44. The number of nitrogens with zero attached hydrogens (tertiary/aromatic N) is 2. The average Bonchev–Trinajstić information content (AvgIpc) is 2.28. The van der Waals surface area contributed by atoms with Gasteiger partial charge in [-0.2, -0.15) is 0 Å². The van der Waals surface area contributed by atoms with Crippen molar-refractivity contribution >= 4 is 30.3 Å². The molecule has 0 bridgehead atoms. The highest BCUT2D eigenvalue weighted by Crippen LogP contribution is 2.07. The van der Waals surface area contributed by atoms with Crippen molar-refractivity contribution in [2.24, 2.45) is 0 Å². The number of esters is 1. The minimum Gasteiger partial charge on any atom is -0.461 e. The molecule has 0 aliphatic carbocycles. The van der Waals surface area contributed by atoms with E-state index < -0.39 is 5.97 Å². The highest BCUT2D eigenvalue weighted by Gasteiger charge is 2.09. The Hall–Kier alpha value is -1.91. The van der Waals surface area contributed by atoms with E-state index in [2.05, 4.69) is 9.97 Å². The first-order valence-electron chi connectivity index (χ1n) is 5.11.